The molecule has 0 spiro atoms. The molecule has 0 bridgehead atoms. The van der Waals surface area contributed by atoms with E-state index in [0.717, 1.165) is 18.2 Å². The monoisotopic (exact) mass is 265 g/mol. The van der Waals surface area contributed by atoms with Gasteiger partial charge in [0.1, 0.15) is 11.6 Å². The normalized spacial score (nSPS) is 13.2. The van der Waals surface area contributed by atoms with Gasteiger partial charge in [0.05, 0.1) is 12.6 Å². The van der Waals surface area contributed by atoms with Crippen molar-refractivity contribution in [3.8, 4) is 0 Å². The van der Waals surface area contributed by atoms with Crippen molar-refractivity contribution >= 4 is 11.6 Å². The SMILES string of the molecule is CCN(c1cccc(NC(C)(C)C)n1)C(C)COC. The topological polar surface area (TPSA) is 37.4 Å². The Bertz CT molecular complexity index is 387. The van der Waals surface area contributed by atoms with Crippen LogP contribution in [0.5, 0.6) is 0 Å². The zero-order valence-electron chi connectivity index (χ0n) is 13.0. The van der Waals surface area contributed by atoms with Gasteiger partial charge in [0.25, 0.3) is 0 Å². The van der Waals surface area contributed by atoms with Crippen LogP contribution in [0.4, 0.5) is 11.6 Å². The first-order chi connectivity index (χ1) is 8.87. The predicted molar refractivity (Wildman–Crippen MR) is 82.0 cm³/mol. The van der Waals surface area contributed by atoms with Gasteiger partial charge in [-0.3, -0.25) is 0 Å². The van der Waals surface area contributed by atoms with E-state index in [4.69, 9.17) is 9.72 Å². The van der Waals surface area contributed by atoms with E-state index in [1.165, 1.54) is 0 Å². The summed E-state index contributed by atoms with van der Waals surface area (Å²) in [4.78, 5) is 6.94. The summed E-state index contributed by atoms with van der Waals surface area (Å²) in [7, 11) is 1.73. The standard InChI is InChI=1S/C15H27N3O/c1-7-18(12(2)11-19-6)14-10-8-9-13(16-14)17-15(3,4)5/h8-10,12H,7,11H2,1-6H3,(H,16,17). The molecule has 0 radical (unpaired) electrons. The first-order valence-corrected chi connectivity index (χ1v) is 6.88. The summed E-state index contributed by atoms with van der Waals surface area (Å²) in [6, 6.07) is 6.40. The van der Waals surface area contributed by atoms with Gasteiger partial charge >= 0.3 is 0 Å². The minimum absolute atomic E-state index is 0.0147. The zero-order valence-corrected chi connectivity index (χ0v) is 13.0. The Labute approximate surface area is 117 Å². The number of hydrogen-bond donors (Lipinski definition) is 1. The molecule has 1 N–H and O–H groups in total. The molecule has 1 aromatic heterocycles. The fourth-order valence-corrected chi connectivity index (χ4v) is 2.07. The number of nitrogens with zero attached hydrogens (tertiary/aromatic N) is 2. The summed E-state index contributed by atoms with van der Waals surface area (Å²) < 4.78 is 5.23. The Morgan fingerprint density at radius 3 is 2.58 bits per heavy atom. The fraction of sp³-hybridized carbons (Fsp3) is 0.667. The van der Waals surface area contributed by atoms with Crippen LogP contribution in [0.15, 0.2) is 18.2 Å². The van der Waals surface area contributed by atoms with Crippen LogP contribution in [-0.4, -0.2) is 36.8 Å². The molecule has 19 heavy (non-hydrogen) atoms. The Morgan fingerprint density at radius 1 is 1.37 bits per heavy atom. The zero-order chi connectivity index (χ0) is 14.5. The van der Waals surface area contributed by atoms with Crippen LogP contribution in [0.3, 0.4) is 0 Å². The van der Waals surface area contributed by atoms with Crippen LogP contribution in [0, 0.1) is 0 Å². The quantitative estimate of drug-likeness (QED) is 0.857. The lowest BCUT2D eigenvalue weighted by molar-refractivity contribution is 0.181. The first-order valence-electron chi connectivity index (χ1n) is 6.88. The van der Waals surface area contributed by atoms with Crippen molar-refractivity contribution in [2.24, 2.45) is 0 Å². The van der Waals surface area contributed by atoms with Gasteiger partial charge in [-0.2, -0.15) is 0 Å². The third kappa shape index (κ3) is 5.07. The summed E-state index contributed by atoms with van der Waals surface area (Å²) >= 11 is 0. The van der Waals surface area contributed by atoms with E-state index in [1.807, 2.05) is 18.2 Å². The summed E-state index contributed by atoms with van der Waals surface area (Å²) in [6.45, 7) is 12.3. The summed E-state index contributed by atoms with van der Waals surface area (Å²) in [5.41, 5.74) is 0.0147. The van der Waals surface area contributed by atoms with E-state index in [1.54, 1.807) is 7.11 Å². The van der Waals surface area contributed by atoms with Crippen LogP contribution in [0.25, 0.3) is 0 Å². The highest BCUT2D eigenvalue weighted by molar-refractivity contribution is 5.48. The predicted octanol–water partition coefficient (Wildman–Crippen LogP) is 3.15. The summed E-state index contributed by atoms with van der Waals surface area (Å²) in [5, 5.41) is 3.40. The Balaban J connectivity index is 2.90. The van der Waals surface area contributed by atoms with Gasteiger partial charge in [-0.1, -0.05) is 6.07 Å². The summed E-state index contributed by atoms with van der Waals surface area (Å²) in [5.74, 6) is 1.90. The highest BCUT2D eigenvalue weighted by Gasteiger charge is 2.15. The molecule has 0 aliphatic carbocycles. The number of ether oxygens (including phenoxy) is 1. The van der Waals surface area contributed by atoms with Crippen molar-refractivity contribution in [1.82, 2.24) is 4.98 Å². The first kappa shape index (κ1) is 15.8. The van der Waals surface area contributed by atoms with Gasteiger partial charge in [0.15, 0.2) is 0 Å². The molecule has 0 saturated carbocycles. The minimum Gasteiger partial charge on any atom is -0.383 e. The van der Waals surface area contributed by atoms with Crippen molar-refractivity contribution in [3.63, 3.8) is 0 Å². The van der Waals surface area contributed by atoms with Gasteiger partial charge in [-0.25, -0.2) is 4.98 Å². The van der Waals surface area contributed by atoms with E-state index < -0.39 is 0 Å². The lowest BCUT2D eigenvalue weighted by Gasteiger charge is -2.29. The average Bonchev–Trinajstić information content (AvgIpc) is 2.28. The van der Waals surface area contributed by atoms with Crippen LogP contribution < -0.4 is 10.2 Å². The maximum atomic E-state index is 5.23. The van der Waals surface area contributed by atoms with E-state index >= 15 is 0 Å². The number of methoxy groups -OCH3 is 1. The van der Waals surface area contributed by atoms with Crippen LogP contribution in [0.2, 0.25) is 0 Å². The van der Waals surface area contributed by atoms with Gasteiger partial charge in [0, 0.05) is 19.2 Å². The number of aromatic nitrogens is 1. The second kappa shape index (κ2) is 6.75. The molecule has 1 aromatic rings. The molecular formula is C15H27N3O. The molecule has 0 aliphatic rings. The second-order valence-electron chi connectivity index (χ2n) is 5.85. The second-order valence-corrected chi connectivity index (χ2v) is 5.85. The molecule has 108 valence electrons. The highest BCUT2D eigenvalue weighted by Crippen LogP contribution is 2.19. The number of nitrogens with one attached hydrogen (secondary N) is 1. The lowest BCUT2D eigenvalue weighted by Crippen LogP contribution is -2.37. The van der Waals surface area contributed by atoms with Gasteiger partial charge in [-0.05, 0) is 46.8 Å². The highest BCUT2D eigenvalue weighted by atomic mass is 16.5. The molecule has 4 nitrogen and oxygen atoms in total. The van der Waals surface area contributed by atoms with Crippen molar-refractivity contribution in [2.75, 3.05) is 30.5 Å². The van der Waals surface area contributed by atoms with Crippen molar-refractivity contribution in [2.45, 2.75) is 46.2 Å². The molecule has 1 unspecified atom stereocenters. The number of hydrogen-bond acceptors (Lipinski definition) is 4. The minimum atomic E-state index is 0.0147. The average molecular weight is 265 g/mol. The van der Waals surface area contributed by atoms with Crippen LogP contribution in [-0.2, 0) is 4.74 Å². The lowest BCUT2D eigenvalue weighted by atomic mass is 10.1. The van der Waals surface area contributed by atoms with E-state index in [0.29, 0.717) is 12.6 Å². The number of pyridine rings is 1. The van der Waals surface area contributed by atoms with Crippen LogP contribution >= 0.6 is 0 Å². The smallest absolute Gasteiger partial charge is 0.131 e. The molecule has 1 heterocycles. The third-order valence-corrected chi connectivity index (χ3v) is 2.81. The molecule has 4 heteroatoms. The van der Waals surface area contributed by atoms with Gasteiger partial charge in [-0.15, -0.1) is 0 Å². The molecular weight excluding hydrogens is 238 g/mol. The van der Waals surface area contributed by atoms with E-state index in [-0.39, 0.29) is 5.54 Å². The Hall–Kier alpha value is -1.29. The Kier molecular flexibility index (Phi) is 5.60. The number of likely N-dealkylation sites (N-methyl/N-ethyl adjacent to an activating group) is 1. The van der Waals surface area contributed by atoms with Crippen LogP contribution in [0.1, 0.15) is 34.6 Å². The van der Waals surface area contributed by atoms with Crippen molar-refractivity contribution < 1.29 is 4.74 Å². The Morgan fingerprint density at radius 2 is 2.05 bits per heavy atom. The fourth-order valence-electron chi connectivity index (χ4n) is 2.07. The molecule has 0 saturated heterocycles. The van der Waals surface area contributed by atoms with E-state index in [2.05, 4.69) is 44.8 Å². The largest absolute Gasteiger partial charge is 0.383 e. The molecule has 0 aromatic carbocycles. The molecule has 1 atom stereocenters. The molecule has 0 amide bonds. The maximum absolute atomic E-state index is 5.23. The van der Waals surface area contributed by atoms with Gasteiger partial charge in [0.2, 0.25) is 0 Å². The van der Waals surface area contributed by atoms with E-state index in [9.17, 15) is 0 Å². The third-order valence-electron chi connectivity index (χ3n) is 2.81. The number of rotatable bonds is 6. The van der Waals surface area contributed by atoms with Crippen molar-refractivity contribution in [3.05, 3.63) is 18.2 Å². The molecule has 0 aliphatic heterocycles. The molecule has 0 fully saturated rings. The summed E-state index contributed by atoms with van der Waals surface area (Å²) in [6.07, 6.45) is 0. The number of anilines is 2. The maximum Gasteiger partial charge on any atom is 0.131 e. The molecule has 1 rings (SSSR count). The van der Waals surface area contributed by atoms with Crippen molar-refractivity contribution in [1.29, 1.82) is 0 Å². The van der Waals surface area contributed by atoms with Gasteiger partial charge < -0.3 is 15.0 Å².